The van der Waals surface area contributed by atoms with Crippen molar-refractivity contribution < 1.29 is 8.42 Å². The van der Waals surface area contributed by atoms with Crippen molar-refractivity contribution >= 4 is 21.6 Å². The lowest BCUT2D eigenvalue weighted by atomic mass is 10.2. The van der Waals surface area contributed by atoms with Gasteiger partial charge in [0, 0.05) is 0 Å². The summed E-state index contributed by atoms with van der Waals surface area (Å²) >= 11 is 1.79. The predicted molar refractivity (Wildman–Crippen MR) is 51.1 cm³/mol. The van der Waals surface area contributed by atoms with E-state index in [4.69, 9.17) is 0 Å². The average Bonchev–Trinajstić information content (AvgIpc) is 2.29. The van der Waals surface area contributed by atoms with Gasteiger partial charge in [-0.2, -0.15) is 0 Å². The number of thioether (sulfide) groups is 1. The van der Waals surface area contributed by atoms with Crippen molar-refractivity contribution in [2.45, 2.75) is 17.7 Å². The maximum atomic E-state index is 11.3. The summed E-state index contributed by atoms with van der Waals surface area (Å²) in [4.78, 5) is -0.114. The van der Waals surface area contributed by atoms with E-state index in [2.05, 4.69) is 5.32 Å². The lowest BCUT2D eigenvalue weighted by Crippen LogP contribution is -2.46. The zero-order valence-electron chi connectivity index (χ0n) is 6.88. The molecule has 70 valence electrons. The standard InChI is InChI=1S/C7H13NO2S2/c9-12(10)5-2-7(6-12)8-3-1-4-11-7/h8H,1-6H2. The maximum absolute atomic E-state index is 11.3. The van der Waals surface area contributed by atoms with E-state index in [-0.39, 0.29) is 4.87 Å². The predicted octanol–water partition coefficient (Wildman–Crippen LogP) is 0.228. The number of hydrogen-bond donors (Lipinski definition) is 1. The van der Waals surface area contributed by atoms with Crippen LogP contribution in [-0.4, -0.2) is 37.1 Å². The van der Waals surface area contributed by atoms with Crippen LogP contribution in [0.4, 0.5) is 0 Å². The van der Waals surface area contributed by atoms with Crippen molar-refractivity contribution in [1.29, 1.82) is 0 Å². The van der Waals surface area contributed by atoms with Gasteiger partial charge in [0.1, 0.15) is 0 Å². The molecule has 0 saturated carbocycles. The summed E-state index contributed by atoms with van der Waals surface area (Å²) < 4.78 is 22.5. The summed E-state index contributed by atoms with van der Waals surface area (Å²) in [7, 11) is -2.74. The first-order chi connectivity index (χ1) is 5.62. The maximum Gasteiger partial charge on any atom is 0.153 e. The molecule has 1 N–H and O–H groups in total. The molecule has 1 atom stereocenters. The van der Waals surface area contributed by atoms with E-state index in [1.807, 2.05) is 0 Å². The van der Waals surface area contributed by atoms with Crippen molar-refractivity contribution in [1.82, 2.24) is 5.32 Å². The molecule has 0 aromatic carbocycles. The van der Waals surface area contributed by atoms with Gasteiger partial charge in [0.25, 0.3) is 0 Å². The normalized spacial score (nSPS) is 40.3. The molecule has 12 heavy (non-hydrogen) atoms. The highest BCUT2D eigenvalue weighted by molar-refractivity contribution is 8.02. The van der Waals surface area contributed by atoms with Crippen molar-refractivity contribution in [3.8, 4) is 0 Å². The molecule has 0 radical (unpaired) electrons. The fourth-order valence-corrected chi connectivity index (χ4v) is 5.67. The lowest BCUT2D eigenvalue weighted by Gasteiger charge is -2.32. The Kier molecular flexibility index (Phi) is 2.13. The summed E-state index contributed by atoms with van der Waals surface area (Å²) in [5.41, 5.74) is 0. The quantitative estimate of drug-likeness (QED) is 0.617. The fourth-order valence-electron chi connectivity index (χ4n) is 1.78. The summed E-state index contributed by atoms with van der Waals surface area (Å²) in [6, 6.07) is 0. The molecular weight excluding hydrogens is 194 g/mol. The van der Waals surface area contributed by atoms with Gasteiger partial charge in [0.05, 0.1) is 16.4 Å². The zero-order chi connectivity index (χ0) is 8.66. The van der Waals surface area contributed by atoms with Gasteiger partial charge in [-0.15, -0.1) is 11.8 Å². The molecule has 0 aromatic rings. The second-order valence-electron chi connectivity index (χ2n) is 3.47. The van der Waals surface area contributed by atoms with Crippen LogP contribution < -0.4 is 5.32 Å². The molecule has 2 heterocycles. The Morgan fingerprint density at radius 1 is 1.42 bits per heavy atom. The number of hydrogen-bond acceptors (Lipinski definition) is 4. The van der Waals surface area contributed by atoms with Crippen LogP contribution in [0.5, 0.6) is 0 Å². The van der Waals surface area contributed by atoms with E-state index in [1.165, 1.54) is 0 Å². The first-order valence-corrected chi connectivity index (χ1v) is 7.02. The summed E-state index contributed by atoms with van der Waals surface area (Å²) in [5.74, 6) is 1.81. The molecular formula is C7H13NO2S2. The second-order valence-corrected chi connectivity index (χ2v) is 7.13. The van der Waals surface area contributed by atoms with Crippen molar-refractivity contribution in [3.63, 3.8) is 0 Å². The Labute approximate surface area is 77.2 Å². The van der Waals surface area contributed by atoms with Gasteiger partial charge in [0.2, 0.25) is 0 Å². The molecule has 2 aliphatic rings. The highest BCUT2D eigenvalue weighted by atomic mass is 32.2. The van der Waals surface area contributed by atoms with Crippen molar-refractivity contribution in [2.24, 2.45) is 0 Å². The van der Waals surface area contributed by atoms with Gasteiger partial charge in [-0.1, -0.05) is 0 Å². The zero-order valence-corrected chi connectivity index (χ0v) is 8.51. The molecule has 2 saturated heterocycles. The third-order valence-electron chi connectivity index (χ3n) is 2.42. The fraction of sp³-hybridized carbons (Fsp3) is 1.00. The molecule has 0 aromatic heterocycles. The largest absolute Gasteiger partial charge is 0.302 e. The topological polar surface area (TPSA) is 46.2 Å². The lowest BCUT2D eigenvalue weighted by molar-refractivity contribution is 0.493. The number of rotatable bonds is 0. The van der Waals surface area contributed by atoms with E-state index in [9.17, 15) is 8.42 Å². The van der Waals surface area contributed by atoms with E-state index < -0.39 is 9.84 Å². The molecule has 2 fully saturated rings. The Bertz CT molecular complexity index is 267. The van der Waals surface area contributed by atoms with Gasteiger partial charge in [-0.3, -0.25) is 0 Å². The van der Waals surface area contributed by atoms with Gasteiger partial charge in [0.15, 0.2) is 9.84 Å². The summed E-state index contributed by atoms with van der Waals surface area (Å²) in [5, 5.41) is 3.33. The molecule has 2 rings (SSSR count). The smallest absolute Gasteiger partial charge is 0.153 e. The highest BCUT2D eigenvalue weighted by Crippen LogP contribution is 2.36. The minimum atomic E-state index is -2.74. The van der Waals surface area contributed by atoms with Crippen LogP contribution >= 0.6 is 11.8 Å². The Balaban J connectivity index is 2.13. The van der Waals surface area contributed by atoms with Gasteiger partial charge in [-0.05, 0) is 25.1 Å². The molecule has 2 aliphatic heterocycles. The SMILES string of the molecule is O=S1(=O)CCC2(C1)NCCCS2. The van der Waals surface area contributed by atoms with Crippen LogP contribution in [0.1, 0.15) is 12.8 Å². The van der Waals surface area contributed by atoms with E-state index >= 15 is 0 Å². The molecule has 5 heteroatoms. The van der Waals surface area contributed by atoms with Gasteiger partial charge < -0.3 is 5.32 Å². The van der Waals surface area contributed by atoms with Crippen LogP contribution in [0.2, 0.25) is 0 Å². The molecule has 1 spiro atoms. The van der Waals surface area contributed by atoms with Crippen LogP contribution in [0.3, 0.4) is 0 Å². The van der Waals surface area contributed by atoms with Gasteiger partial charge >= 0.3 is 0 Å². The summed E-state index contributed by atoms with van der Waals surface area (Å²) in [6.07, 6.45) is 1.95. The van der Waals surface area contributed by atoms with Crippen LogP contribution in [0.15, 0.2) is 0 Å². The molecule has 3 nitrogen and oxygen atoms in total. The molecule has 0 bridgehead atoms. The van der Waals surface area contributed by atoms with Crippen LogP contribution in [0, 0.1) is 0 Å². The second kappa shape index (κ2) is 2.89. The minimum Gasteiger partial charge on any atom is -0.302 e. The summed E-state index contributed by atoms with van der Waals surface area (Å²) in [6.45, 7) is 0.975. The minimum absolute atomic E-state index is 0.114. The van der Waals surface area contributed by atoms with E-state index in [1.54, 1.807) is 11.8 Å². The molecule has 1 unspecified atom stereocenters. The van der Waals surface area contributed by atoms with E-state index in [0.717, 1.165) is 25.1 Å². The van der Waals surface area contributed by atoms with Crippen LogP contribution in [-0.2, 0) is 9.84 Å². The Hall–Kier alpha value is 0.260. The third-order valence-corrected chi connectivity index (χ3v) is 5.90. The number of sulfone groups is 1. The average molecular weight is 207 g/mol. The highest BCUT2D eigenvalue weighted by Gasteiger charge is 2.43. The van der Waals surface area contributed by atoms with Crippen molar-refractivity contribution in [2.75, 3.05) is 23.8 Å². The molecule has 0 aliphatic carbocycles. The Morgan fingerprint density at radius 3 is 2.75 bits per heavy atom. The Morgan fingerprint density at radius 2 is 2.25 bits per heavy atom. The first kappa shape index (κ1) is 8.84. The monoisotopic (exact) mass is 207 g/mol. The van der Waals surface area contributed by atoms with Crippen molar-refractivity contribution in [3.05, 3.63) is 0 Å². The van der Waals surface area contributed by atoms with E-state index in [0.29, 0.717) is 11.5 Å². The van der Waals surface area contributed by atoms with Gasteiger partial charge in [-0.25, -0.2) is 8.42 Å². The first-order valence-electron chi connectivity index (χ1n) is 4.21. The van der Waals surface area contributed by atoms with Crippen LogP contribution in [0.25, 0.3) is 0 Å². The molecule has 0 amide bonds. The number of nitrogens with one attached hydrogen (secondary N) is 1. The third kappa shape index (κ3) is 1.63.